The minimum absolute atomic E-state index is 0.0588. The second-order valence-corrected chi connectivity index (χ2v) is 7.36. The van der Waals surface area contributed by atoms with Crippen molar-refractivity contribution < 1.29 is 4.79 Å². The van der Waals surface area contributed by atoms with Gasteiger partial charge in [0, 0.05) is 9.30 Å². The Kier molecular flexibility index (Phi) is 4.45. The summed E-state index contributed by atoms with van der Waals surface area (Å²) in [6.45, 7) is 0. The summed E-state index contributed by atoms with van der Waals surface area (Å²) in [7, 11) is 0. The molecule has 0 heterocycles. The fourth-order valence-electron chi connectivity index (χ4n) is 2.73. The third-order valence-corrected chi connectivity index (χ3v) is 5.14. The fourth-order valence-corrected chi connectivity index (χ4v) is 3.76. The first-order valence-corrected chi connectivity index (χ1v) is 8.60. The first kappa shape index (κ1) is 14.8. The Morgan fingerprint density at radius 3 is 2.62 bits per heavy atom. The van der Waals surface area contributed by atoms with Gasteiger partial charge in [0.15, 0.2) is 0 Å². The number of amides is 1. The maximum atomic E-state index is 12.3. The summed E-state index contributed by atoms with van der Waals surface area (Å²) in [6.07, 6.45) is 1.37. The molecule has 1 aliphatic carbocycles. The molecule has 2 aromatic rings. The molecule has 1 N–H and O–H groups in total. The van der Waals surface area contributed by atoms with Crippen molar-refractivity contribution in [3.63, 3.8) is 0 Å². The van der Waals surface area contributed by atoms with Gasteiger partial charge in [-0.25, -0.2) is 0 Å². The molecule has 0 radical (unpaired) electrons. The van der Waals surface area contributed by atoms with E-state index in [0.29, 0.717) is 6.42 Å². The zero-order valence-electron chi connectivity index (χ0n) is 11.4. The highest BCUT2D eigenvalue weighted by Crippen LogP contribution is 2.35. The third-order valence-electron chi connectivity index (χ3n) is 3.76. The van der Waals surface area contributed by atoms with E-state index in [4.69, 9.17) is 0 Å². The Balaban J connectivity index is 1.69. The Labute approximate surface area is 141 Å². The van der Waals surface area contributed by atoms with Crippen molar-refractivity contribution in [1.82, 2.24) is 5.32 Å². The van der Waals surface area contributed by atoms with E-state index in [9.17, 15) is 4.79 Å². The molecular weight excluding hydrogens is 394 g/mol. The number of hydrogen-bond acceptors (Lipinski definition) is 1. The predicted octanol–water partition coefficient (Wildman–Crippen LogP) is 4.17. The highest BCUT2D eigenvalue weighted by Gasteiger charge is 2.31. The van der Waals surface area contributed by atoms with Crippen molar-refractivity contribution in [2.45, 2.75) is 23.7 Å². The van der Waals surface area contributed by atoms with Crippen LogP contribution < -0.4 is 5.32 Å². The summed E-state index contributed by atoms with van der Waals surface area (Å²) < 4.78 is 1.02. The second-order valence-electron chi connectivity index (χ2n) is 5.27. The zero-order chi connectivity index (χ0) is 14.8. The van der Waals surface area contributed by atoms with Crippen LogP contribution in [0.2, 0.25) is 0 Å². The molecule has 1 amide bonds. The van der Waals surface area contributed by atoms with Gasteiger partial charge in [-0.3, -0.25) is 4.79 Å². The molecule has 0 aromatic heterocycles. The van der Waals surface area contributed by atoms with Crippen LogP contribution in [-0.4, -0.2) is 10.7 Å². The minimum Gasteiger partial charge on any atom is -0.348 e. The molecule has 0 fully saturated rings. The quantitative estimate of drug-likeness (QED) is 0.758. The molecule has 0 aliphatic heterocycles. The van der Waals surface area contributed by atoms with Gasteiger partial charge in [0.1, 0.15) is 0 Å². The molecule has 21 heavy (non-hydrogen) atoms. The van der Waals surface area contributed by atoms with Crippen molar-refractivity contribution in [2.75, 3.05) is 0 Å². The van der Waals surface area contributed by atoms with Crippen LogP contribution in [-0.2, 0) is 17.6 Å². The van der Waals surface area contributed by atoms with Gasteiger partial charge in [0.2, 0.25) is 5.91 Å². The lowest BCUT2D eigenvalue weighted by atomic mass is 10.1. The van der Waals surface area contributed by atoms with Crippen LogP contribution >= 0.6 is 31.9 Å². The maximum Gasteiger partial charge on any atom is 0.224 e. The van der Waals surface area contributed by atoms with Gasteiger partial charge >= 0.3 is 0 Å². The number of fused-ring (bicyclic) bond motifs is 1. The molecule has 108 valence electrons. The summed E-state index contributed by atoms with van der Waals surface area (Å²) in [5.74, 6) is 0.0588. The van der Waals surface area contributed by atoms with E-state index in [1.54, 1.807) is 0 Å². The average molecular weight is 409 g/mol. The van der Waals surface area contributed by atoms with Crippen molar-refractivity contribution in [2.24, 2.45) is 0 Å². The summed E-state index contributed by atoms with van der Waals surface area (Å²) in [6, 6.07) is 16.2. The minimum atomic E-state index is 0.0588. The Bertz CT molecular complexity index is 654. The lowest BCUT2D eigenvalue weighted by molar-refractivity contribution is -0.121. The van der Waals surface area contributed by atoms with E-state index >= 15 is 0 Å². The Morgan fingerprint density at radius 1 is 1.14 bits per heavy atom. The van der Waals surface area contributed by atoms with Crippen LogP contribution in [0.4, 0.5) is 0 Å². The van der Waals surface area contributed by atoms with E-state index in [0.717, 1.165) is 16.5 Å². The van der Waals surface area contributed by atoms with Crippen LogP contribution in [0.5, 0.6) is 0 Å². The van der Waals surface area contributed by atoms with Crippen LogP contribution in [0.1, 0.15) is 22.7 Å². The van der Waals surface area contributed by atoms with Crippen LogP contribution in [0.15, 0.2) is 53.0 Å². The third kappa shape index (κ3) is 3.38. The maximum absolute atomic E-state index is 12.3. The van der Waals surface area contributed by atoms with Crippen molar-refractivity contribution in [1.29, 1.82) is 0 Å². The number of rotatable bonds is 3. The van der Waals surface area contributed by atoms with E-state index in [2.05, 4.69) is 49.3 Å². The molecule has 0 spiro atoms. The molecule has 2 aromatic carbocycles. The SMILES string of the molecule is O=C(Cc1ccc(Br)cc1)NC1c2ccccc2CC1Br. The highest BCUT2D eigenvalue weighted by molar-refractivity contribution is 9.10. The molecule has 2 atom stereocenters. The number of hydrogen-bond donors (Lipinski definition) is 1. The number of benzene rings is 2. The van der Waals surface area contributed by atoms with Crippen molar-refractivity contribution in [3.8, 4) is 0 Å². The van der Waals surface area contributed by atoms with Gasteiger partial charge in [0.05, 0.1) is 12.5 Å². The van der Waals surface area contributed by atoms with E-state index in [1.165, 1.54) is 11.1 Å². The monoisotopic (exact) mass is 407 g/mol. The molecule has 3 rings (SSSR count). The Hall–Kier alpha value is -1.13. The largest absolute Gasteiger partial charge is 0.348 e. The molecule has 1 aliphatic rings. The van der Waals surface area contributed by atoms with E-state index in [1.807, 2.05) is 36.4 Å². The smallest absolute Gasteiger partial charge is 0.224 e. The van der Waals surface area contributed by atoms with Gasteiger partial charge in [0.25, 0.3) is 0 Å². The molecule has 4 heteroatoms. The van der Waals surface area contributed by atoms with E-state index in [-0.39, 0.29) is 16.8 Å². The first-order valence-electron chi connectivity index (χ1n) is 6.89. The number of halogens is 2. The molecule has 0 saturated heterocycles. The Morgan fingerprint density at radius 2 is 1.86 bits per heavy atom. The van der Waals surface area contributed by atoms with E-state index < -0.39 is 0 Å². The molecule has 0 saturated carbocycles. The normalized spacial score (nSPS) is 20.1. The second kappa shape index (κ2) is 6.32. The van der Waals surface area contributed by atoms with Gasteiger partial charge < -0.3 is 5.32 Å². The molecule has 0 bridgehead atoms. The van der Waals surface area contributed by atoms with Gasteiger partial charge in [-0.15, -0.1) is 0 Å². The fraction of sp³-hybridized carbons (Fsp3) is 0.235. The highest BCUT2D eigenvalue weighted by atomic mass is 79.9. The van der Waals surface area contributed by atoms with Crippen molar-refractivity contribution in [3.05, 3.63) is 69.7 Å². The van der Waals surface area contributed by atoms with Crippen LogP contribution in [0, 0.1) is 0 Å². The number of nitrogens with one attached hydrogen (secondary N) is 1. The van der Waals surface area contributed by atoms with Gasteiger partial charge in [-0.2, -0.15) is 0 Å². The first-order chi connectivity index (χ1) is 10.1. The topological polar surface area (TPSA) is 29.1 Å². The summed E-state index contributed by atoms with van der Waals surface area (Å²) >= 11 is 7.09. The van der Waals surface area contributed by atoms with Gasteiger partial charge in [-0.1, -0.05) is 68.3 Å². The standard InChI is InChI=1S/C17H15Br2NO/c18-13-7-5-11(6-8-13)9-16(21)20-17-14-4-2-1-3-12(14)10-15(17)19/h1-8,15,17H,9-10H2,(H,20,21). The lowest BCUT2D eigenvalue weighted by Gasteiger charge is -2.17. The number of carbonyl (C=O) groups is 1. The number of carbonyl (C=O) groups excluding carboxylic acids is 1. The summed E-state index contributed by atoms with van der Waals surface area (Å²) in [4.78, 5) is 12.5. The molecule has 2 nitrogen and oxygen atoms in total. The predicted molar refractivity (Wildman–Crippen MR) is 91.6 cm³/mol. The summed E-state index contributed by atoms with van der Waals surface area (Å²) in [5.41, 5.74) is 3.56. The van der Waals surface area contributed by atoms with Crippen LogP contribution in [0.25, 0.3) is 0 Å². The lowest BCUT2D eigenvalue weighted by Crippen LogP contribution is -2.32. The summed E-state index contributed by atoms with van der Waals surface area (Å²) in [5, 5.41) is 3.15. The molecule has 2 unspecified atom stereocenters. The van der Waals surface area contributed by atoms with Gasteiger partial charge in [-0.05, 0) is 35.2 Å². The molecular formula is C17H15Br2NO. The zero-order valence-corrected chi connectivity index (χ0v) is 14.5. The average Bonchev–Trinajstić information content (AvgIpc) is 2.78. The van der Waals surface area contributed by atoms with Crippen LogP contribution in [0.3, 0.4) is 0 Å². The van der Waals surface area contributed by atoms with Crippen molar-refractivity contribution >= 4 is 37.8 Å². The number of alkyl halides is 1.